The van der Waals surface area contributed by atoms with Crippen LogP contribution < -0.4 is 5.32 Å². The van der Waals surface area contributed by atoms with Crippen molar-refractivity contribution in [3.8, 4) is 5.82 Å². The van der Waals surface area contributed by atoms with Crippen molar-refractivity contribution >= 4 is 21.6 Å². The third kappa shape index (κ3) is 3.80. The Bertz CT molecular complexity index is 802. The molecule has 1 amide bonds. The van der Waals surface area contributed by atoms with E-state index in [4.69, 9.17) is 0 Å². The molecule has 1 aliphatic heterocycles. The number of hydrogen-bond acceptors (Lipinski definition) is 5. The average Bonchev–Trinajstić information content (AvgIpc) is 3.09. The maximum atomic E-state index is 12.4. The van der Waals surface area contributed by atoms with E-state index in [2.05, 4.69) is 15.4 Å². The van der Waals surface area contributed by atoms with Gasteiger partial charge in [-0.2, -0.15) is 5.10 Å². The van der Waals surface area contributed by atoms with E-state index in [1.807, 2.05) is 0 Å². The Hall–Kier alpha value is -2.26. The normalized spacial score (nSPS) is 19.1. The molecule has 3 heterocycles. The smallest absolute Gasteiger partial charge is 0.228 e. The number of aromatic nitrogens is 3. The molecule has 0 saturated carbocycles. The summed E-state index contributed by atoms with van der Waals surface area (Å²) in [4.78, 5) is 16.6. The van der Waals surface area contributed by atoms with Crippen LogP contribution in [-0.4, -0.2) is 52.7 Å². The molecular formula is C15H19N5O3S. The maximum absolute atomic E-state index is 12.4. The summed E-state index contributed by atoms with van der Waals surface area (Å²) in [5, 5.41) is 6.89. The molecule has 8 nitrogen and oxygen atoms in total. The third-order valence-corrected chi connectivity index (χ3v) is 5.25. The molecule has 24 heavy (non-hydrogen) atoms. The lowest BCUT2D eigenvalue weighted by atomic mass is 9.99. The standard InChI is InChI=1S/C15H19N5O3S/c1-24(22,23)19-8-2-4-12(11-19)15(21)18-13-5-6-14(16-10-13)20-9-3-7-17-20/h3,5-7,9-10,12H,2,4,8,11H2,1H3,(H,18,21). The van der Waals surface area contributed by atoms with Gasteiger partial charge in [0.25, 0.3) is 0 Å². The second kappa shape index (κ2) is 6.70. The zero-order chi connectivity index (χ0) is 17.2. The summed E-state index contributed by atoms with van der Waals surface area (Å²) < 4.78 is 26.3. The number of anilines is 1. The number of piperidine rings is 1. The third-order valence-electron chi connectivity index (χ3n) is 3.98. The van der Waals surface area contributed by atoms with E-state index in [1.54, 1.807) is 41.5 Å². The van der Waals surface area contributed by atoms with Gasteiger partial charge in [-0.3, -0.25) is 4.79 Å². The fourth-order valence-corrected chi connectivity index (χ4v) is 3.61. The average molecular weight is 349 g/mol. The topological polar surface area (TPSA) is 97.2 Å². The van der Waals surface area contributed by atoms with Crippen LogP contribution in [0.15, 0.2) is 36.8 Å². The van der Waals surface area contributed by atoms with Gasteiger partial charge in [0, 0.05) is 25.5 Å². The number of hydrogen-bond donors (Lipinski definition) is 1. The quantitative estimate of drug-likeness (QED) is 0.884. The predicted octanol–water partition coefficient (Wildman–Crippen LogP) is 0.877. The predicted molar refractivity (Wildman–Crippen MR) is 89.1 cm³/mol. The summed E-state index contributed by atoms with van der Waals surface area (Å²) in [6.07, 6.45) is 7.53. The highest BCUT2D eigenvalue weighted by Gasteiger charge is 2.30. The van der Waals surface area contributed by atoms with E-state index in [1.165, 1.54) is 10.6 Å². The monoisotopic (exact) mass is 349 g/mol. The van der Waals surface area contributed by atoms with Crippen LogP contribution in [-0.2, 0) is 14.8 Å². The number of nitrogens with one attached hydrogen (secondary N) is 1. The summed E-state index contributed by atoms with van der Waals surface area (Å²) in [5.74, 6) is 0.121. The molecule has 128 valence electrons. The Morgan fingerprint density at radius 2 is 2.21 bits per heavy atom. The van der Waals surface area contributed by atoms with E-state index in [9.17, 15) is 13.2 Å². The second-order valence-electron chi connectivity index (χ2n) is 5.81. The molecule has 1 atom stereocenters. The van der Waals surface area contributed by atoms with Crippen LogP contribution in [0.1, 0.15) is 12.8 Å². The van der Waals surface area contributed by atoms with E-state index in [0.29, 0.717) is 30.9 Å². The van der Waals surface area contributed by atoms with Gasteiger partial charge in [0.05, 0.1) is 24.1 Å². The van der Waals surface area contributed by atoms with Gasteiger partial charge in [-0.1, -0.05) is 0 Å². The fourth-order valence-electron chi connectivity index (χ4n) is 2.70. The van der Waals surface area contributed by atoms with Crippen molar-refractivity contribution < 1.29 is 13.2 Å². The summed E-state index contributed by atoms with van der Waals surface area (Å²) in [6, 6.07) is 5.30. The number of amides is 1. The Morgan fingerprint density at radius 3 is 2.83 bits per heavy atom. The van der Waals surface area contributed by atoms with Crippen molar-refractivity contribution in [1.82, 2.24) is 19.1 Å². The van der Waals surface area contributed by atoms with Crippen molar-refractivity contribution in [3.63, 3.8) is 0 Å². The van der Waals surface area contributed by atoms with Gasteiger partial charge in [-0.05, 0) is 31.0 Å². The molecule has 2 aromatic rings. The minimum atomic E-state index is -3.26. The van der Waals surface area contributed by atoms with Crippen LogP contribution in [0.3, 0.4) is 0 Å². The second-order valence-corrected chi connectivity index (χ2v) is 7.79. The first-order valence-corrected chi connectivity index (χ1v) is 9.50. The first kappa shape index (κ1) is 16.6. The lowest BCUT2D eigenvalue weighted by Crippen LogP contribution is -2.43. The van der Waals surface area contributed by atoms with Crippen molar-refractivity contribution in [1.29, 1.82) is 0 Å². The molecule has 2 aromatic heterocycles. The summed E-state index contributed by atoms with van der Waals surface area (Å²) in [5.41, 5.74) is 0.576. The van der Waals surface area contributed by atoms with Gasteiger partial charge in [-0.15, -0.1) is 0 Å². The Balaban J connectivity index is 1.64. The van der Waals surface area contributed by atoms with Crippen LogP contribution >= 0.6 is 0 Å². The van der Waals surface area contributed by atoms with Gasteiger partial charge < -0.3 is 5.32 Å². The largest absolute Gasteiger partial charge is 0.324 e. The molecule has 0 aliphatic carbocycles. The van der Waals surface area contributed by atoms with Gasteiger partial charge in [-0.25, -0.2) is 22.4 Å². The minimum Gasteiger partial charge on any atom is -0.324 e. The number of carbonyl (C=O) groups is 1. The van der Waals surface area contributed by atoms with Crippen LogP contribution in [0.4, 0.5) is 5.69 Å². The Labute approximate surface area is 140 Å². The molecule has 0 bridgehead atoms. The SMILES string of the molecule is CS(=O)(=O)N1CCCC(C(=O)Nc2ccc(-n3cccn3)nc2)C1. The molecule has 0 spiro atoms. The molecule has 9 heteroatoms. The highest BCUT2D eigenvalue weighted by Crippen LogP contribution is 2.20. The van der Waals surface area contributed by atoms with E-state index < -0.39 is 10.0 Å². The Morgan fingerprint density at radius 1 is 1.38 bits per heavy atom. The maximum Gasteiger partial charge on any atom is 0.228 e. The summed E-state index contributed by atoms with van der Waals surface area (Å²) in [6.45, 7) is 0.701. The minimum absolute atomic E-state index is 0.183. The molecule has 3 rings (SSSR count). The van der Waals surface area contributed by atoms with Crippen LogP contribution in [0.2, 0.25) is 0 Å². The van der Waals surface area contributed by atoms with Gasteiger partial charge >= 0.3 is 0 Å². The number of carbonyl (C=O) groups excluding carboxylic acids is 1. The van der Waals surface area contributed by atoms with Crippen LogP contribution in [0.25, 0.3) is 5.82 Å². The molecular weight excluding hydrogens is 330 g/mol. The van der Waals surface area contributed by atoms with E-state index >= 15 is 0 Å². The van der Waals surface area contributed by atoms with E-state index in [0.717, 1.165) is 0 Å². The molecule has 1 saturated heterocycles. The van der Waals surface area contributed by atoms with Crippen molar-refractivity contribution in [2.24, 2.45) is 5.92 Å². The zero-order valence-corrected chi connectivity index (χ0v) is 14.1. The molecule has 0 radical (unpaired) electrons. The number of sulfonamides is 1. The molecule has 1 aliphatic rings. The fraction of sp³-hybridized carbons (Fsp3) is 0.400. The highest BCUT2D eigenvalue weighted by molar-refractivity contribution is 7.88. The highest BCUT2D eigenvalue weighted by atomic mass is 32.2. The zero-order valence-electron chi connectivity index (χ0n) is 13.3. The molecule has 1 fully saturated rings. The van der Waals surface area contributed by atoms with Crippen molar-refractivity contribution in [3.05, 3.63) is 36.8 Å². The lowest BCUT2D eigenvalue weighted by molar-refractivity contribution is -0.120. The first-order valence-electron chi connectivity index (χ1n) is 7.65. The van der Waals surface area contributed by atoms with Gasteiger partial charge in [0.15, 0.2) is 5.82 Å². The van der Waals surface area contributed by atoms with Crippen molar-refractivity contribution in [2.45, 2.75) is 12.8 Å². The van der Waals surface area contributed by atoms with Crippen molar-refractivity contribution in [2.75, 3.05) is 24.7 Å². The molecule has 1 N–H and O–H groups in total. The van der Waals surface area contributed by atoms with Gasteiger partial charge in [0.2, 0.25) is 15.9 Å². The number of rotatable bonds is 4. The molecule has 0 aromatic carbocycles. The lowest BCUT2D eigenvalue weighted by Gasteiger charge is -2.30. The first-order chi connectivity index (χ1) is 11.4. The molecule has 1 unspecified atom stereocenters. The summed E-state index contributed by atoms with van der Waals surface area (Å²) in [7, 11) is -3.26. The van der Waals surface area contributed by atoms with E-state index in [-0.39, 0.29) is 18.4 Å². The summed E-state index contributed by atoms with van der Waals surface area (Å²) >= 11 is 0. The number of nitrogens with zero attached hydrogens (tertiary/aromatic N) is 4. The van der Waals surface area contributed by atoms with Crippen LogP contribution in [0.5, 0.6) is 0 Å². The van der Waals surface area contributed by atoms with Gasteiger partial charge in [0.1, 0.15) is 0 Å². The Kier molecular flexibility index (Phi) is 4.63. The number of pyridine rings is 1. The van der Waals surface area contributed by atoms with Crippen LogP contribution in [0, 0.1) is 5.92 Å².